The summed E-state index contributed by atoms with van der Waals surface area (Å²) < 4.78 is 0. The number of aliphatic imine (C=N–C) groups is 1. The quantitative estimate of drug-likeness (QED) is 0.226. The molecule has 336 valence electrons. The maximum absolute atomic E-state index is 15.5. The summed E-state index contributed by atoms with van der Waals surface area (Å²) in [4.78, 5) is 82.2. The monoisotopic (exact) mass is 896 g/mol. The number of hydrogen-bond acceptors (Lipinski definition) is 8. The smallest absolute Gasteiger partial charge is 0.244 e. The number of nitrogens with one attached hydrogen (secondary N) is 3. The molecule has 7 aliphatic rings. The molecule has 0 aliphatic carbocycles. The Labute approximate surface area is 392 Å². The van der Waals surface area contributed by atoms with Crippen LogP contribution in [0.5, 0.6) is 0 Å². The number of likely N-dealkylation sites (tertiary alicyclic amines) is 4. The maximum Gasteiger partial charge on any atom is 0.244 e. The number of benzene rings is 4. The van der Waals surface area contributed by atoms with Crippen LogP contribution in [-0.2, 0) is 19.2 Å². The van der Waals surface area contributed by atoms with Crippen molar-refractivity contribution in [3.05, 3.63) is 201 Å². The van der Waals surface area contributed by atoms with Crippen LogP contribution in [0.2, 0.25) is 0 Å². The zero-order chi connectivity index (χ0) is 46.5. The van der Waals surface area contributed by atoms with Gasteiger partial charge in [-0.25, -0.2) is 0 Å². The average Bonchev–Trinajstić information content (AvgIpc) is 4.24. The van der Waals surface area contributed by atoms with Crippen molar-refractivity contribution >= 4 is 51.6 Å². The highest BCUT2D eigenvalue weighted by Gasteiger charge is 2.81. The summed E-state index contributed by atoms with van der Waals surface area (Å²) in [6.45, 7) is 1.18. The third kappa shape index (κ3) is 4.78. The van der Waals surface area contributed by atoms with Gasteiger partial charge in [-0.3, -0.25) is 34.0 Å². The van der Waals surface area contributed by atoms with E-state index in [1.165, 1.54) is 9.80 Å². The number of nitrogens with zero attached hydrogens (tertiary/aromatic N) is 5. The van der Waals surface area contributed by atoms with E-state index in [4.69, 9.17) is 4.99 Å². The second-order valence-corrected chi connectivity index (χ2v) is 19.7. The van der Waals surface area contributed by atoms with Gasteiger partial charge in [-0.05, 0) is 60.6 Å². The predicted molar refractivity (Wildman–Crippen MR) is 258 cm³/mol. The summed E-state index contributed by atoms with van der Waals surface area (Å²) in [5.41, 5.74) is 4.12. The fourth-order valence-electron chi connectivity index (χ4n) is 13.7. The van der Waals surface area contributed by atoms with Crippen LogP contribution in [0.4, 0.5) is 0 Å². The van der Waals surface area contributed by atoms with Crippen molar-refractivity contribution in [1.82, 2.24) is 34.9 Å². The van der Waals surface area contributed by atoms with Gasteiger partial charge >= 0.3 is 0 Å². The molecular weight excluding hydrogens is 849 g/mol. The minimum absolute atomic E-state index is 0.231. The number of imide groups is 2. The Balaban J connectivity index is 1.27. The van der Waals surface area contributed by atoms with Crippen LogP contribution in [-0.4, -0.2) is 119 Å². The van der Waals surface area contributed by atoms with Gasteiger partial charge in [0.15, 0.2) is 0 Å². The van der Waals surface area contributed by atoms with Crippen LogP contribution >= 0.6 is 0 Å². The molecule has 9 heterocycles. The summed E-state index contributed by atoms with van der Waals surface area (Å²) in [7, 11) is 7.21. The lowest BCUT2D eigenvalue weighted by atomic mass is 9.62. The lowest BCUT2D eigenvalue weighted by Crippen LogP contribution is -2.51. The number of carbonyl (C=O) groups is 4. The first-order valence-corrected chi connectivity index (χ1v) is 23.2. The van der Waals surface area contributed by atoms with E-state index in [0.29, 0.717) is 58.1 Å². The van der Waals surface area contributed by atoms with E-state index in [1.807, 2.05) is 148 Å². The lowest BCUT2D eigenvalue weighted by Gasteiger charge is -2.33. The van der Waals surface area contributed by atoms with E-state index in [2.05, 4.69) is 37.2 Å². The number of carbonyl (C=O) groups excluding carboxylic acids is 4. The van der Waals surface area contributed by atoms with Crippen LogP contribution < -0.4 is 16.0 Å². The molecule has 7 aliphatic heterocycles. The van der Waals surface area contributed by atoms with Crippen molar-refractivity contribution in [1.29, 1.82) is 0 Å². The fourth-order valence-corrected chi connectivity index (χ4v) is 13.7. The SMILES string of the molecule is CN1CC23C(=O)N(C)C(=O)C2(C1)/C1=C(\c2ccccc2)c2ccc([nH]2)/C(c2ccccc2)=C2\NC(/C(c4ccccc4)=c4/cc/c([nH]4)=C(\c4ccccc4)C3=N1)C13CN(C)CC21C(=O)N(C)C3=O. The standard InChI is InChI=1S/C56H48N8O4/c1-61-29-53-45-41(33-17-9-5-10-18-33)37-25-27-39(57-37)43(35-21-13-7-14-22-35)47-55-31-62(2)32-56(55,52(68)64(4)51(55)67)48(60-47)44(36-23-15-8-16-24-36)40-28-26-38(58-40)42(34-19-11-6-12-20-34)46(59-45)54(53,30-61)50(66)63(3)49(53)65/h5-28,45,57-59H,29-32H2,1-4H3/b41-37-,43-39-,46-42-,48-44-. The molecule has 8 bridgehead atoms. The molecule has 4 aromatic carbocycles. The topological polar surface area (TPSA) is 137 Å². The minimum atomic E-state index is -1.39. The van der Waals surface area contributed by atoms with E-state index >= 15 is 19.2 Å². The second-order valence-electron chi connectivity index (χ2n) is 19.7. The van der Waals surface area contributed by atoms with E-state index in [-0.39, 0.29) is 36.7 Å². The van der Waals surface area contributed by atoms with Gasteiger partial charge in [-0.15, -0.1) is 0 Å². The van der Waals surface area contributed by atoms with Gasteiger partial charge in [0.25, 0.3) is 0 Å². The normalized spacial score (nSPS) is 32.4. The number of fused-ring (bicyclic) bond motifs is 7. The Kier molecular flexibility index (Phi) is 8.32. The molecule has 12 nitrogen and oxygen atoms in total. The highest BCUT2D eigenvalue weighted by Crippen LogP contribution is 2.67. The van der Waals surface area contributed by atoms with E-state index < -0.39 is 27.7 Å². The average molecular weight is 897 g/mol. The molecule has 2 aromatic heterocycles. The zero-order valence-corrected chi connectivity index (χ0v) is 38.1. The van der Waals surface area contributed by atoms with Crippen molar-refractivity contribution in [2.75, 3.05) is 54.4 Å². The molecule has 3 N–H and O–H groups in total. The summed E-state index contributed by atoms with van der Waals surface area (Å²) in [6, 6.07) is 47.5. The highest BCUT2D eigenvalue weighted by atomic mass is 16.2. The minimum Gasteiger partial charge on any atom is -0.379 e. The summed E-state index contributed by atoms with van der Waals surface area (Å²) in [5.74, 6) is -1.06. The molecular formula is C56H48N8O4. The van der Waals surface area contributed by atoms with Gasteiger partial charge in [-0.2, -0.15) is 0 Å². The molecule has 68 heavy (non-hydrogen) atoms. The van der Waals surface area contributed by atoms with Gasteiger partial charge in [0.1, 0.15) is 21.7 Å². The van der Waals surface area contributed by atoms with Crippen molar-refractivity contribution in [2.24, 2.45) is 26.7 Å². The van der Waals surface area contributed by atoms with Crippen LogP contribution in [0, 0.1) is 21.7 Å². The molecule has 5 saturated heterocycles. The number of aromatic nitrogens is 2. The van der Waals surface area contributed by atoms with Gasteiger partial charge in [-0.1, -0.05) is 121 Å². The van der Waals surface area contributed by atoms with Gasteiger partial charge < -0.3 is 25.1 Å². The first-order chi connectivity index (χ1) is 33.0. The molecule has 0 spiro atoms. The fraction of sp³-hybridized carbons (Fsp3) is 0.232. The molecule has 4 amide bonds. The van der Waals surface area contributed by atoms with Crippen LogP contribution in [0.3, 0.4) is 0 Å². The van der Waals surface area contributed by atoms with Crippen LogP contribution in [0.15, 0.2) is 162 Å². The van der Waals surface area contributed by atoms with E-state index in [0.717, 1.165) is 38.7 Å². The number of aromatic amines is 2. The molecule has 5 atom stereocenters. The maximum atomic E-state index is 15.5. The molecule has 5 fully saturated rings. The lowest BCUT2D eigenvalue weighted by molar-refractivity contribution is -0.142. The van der Waals surface area contributed by atoms with E-state index in [9.17, 15) is 0 Å². The summed E-state index contributed by atoms with van der Waals surface area (Å²) in [6.07, 6.45) is 0. The first kappa shape index (κ1) is 40.6. The molecule has 5 unspecified atom stereocenters. The number of H-pyrrole nitrogens is 2. The molecule has 12 heteroatoms. The Morgan fingerprint density at radius 3 is 1.57 bits per heavy atom. The van der Waals surface area contributed by atoms with Crippen molar-refractivity contribution in [3.63, 3.8) is 0 Å². The first-order valence-electron chi connectivity index (χ1n) is 23.2. The summed E-state index contributed by atoms with van der Waals surface area (Å²) >= 11 is 0. The van der Waals surface area contributed by atoms with E-state index in [1.54, 1.807) is 14.1 Å². The van der Waals surface area contributed by atoms with Crippen LogP contribution in [0.25, 0.3) is 22.3 Å². The van der Waals surface area contributed by atoms with Crippen molar-refractivity contribution < 1.29 is 19.2 Å². The number of rotatable bonds is 4. The molecule has 6 aromatic rings. The summed E-state index contributed by atoms with van der Waals surface area (Å²) in [5, 5.41) is 5.45. The number of amides is 4. The van der Waals surface area contributed by atoms with Crippen molar-refractivity contribution in [2.45, 2.75) is 6.04 Å². The Morgan fingerprint density at radius 1 is 0.471 bits per heavy atom. The third-order valence-electron chi connectivity index (χ3n) is 16.2. The third-order valence-corrected chi connectivity index (χ3v) is 16.2. The highest BCUT2D eigenvalue weighted by molar-refractivity contribution is 6.39. The van der Waals surface area contributed by atoms with Crippen molar-refractivity contribution in [3.8, 4) is 0 Å². The zero-order valence-electron chi connectivity index (χ0n) is 38.1. The second kappa shape index (κ2) is 13.9. The Bertz CT molecular complexity index is 3440. The molecule has 13 rings (SSSR count). The number of hydrogen-bond donors (Lipinski definition) is 3. The van der Waals surface area contributed by atoms with Gasteiger partial charge in [0.2, 0.25) is 23.6 Å². The Hall–Kier alpha value is -7.67. The largest absolute Gasteiger partial charge is 0.379 e. The van der Waals surface area contributed by atoms with Gasteiger partial charge in [0, 0.05) is 90.3 Å². The van der Waals surface area contributed by atoms with Crippen LogP contribution in [0.1, 0.15) is 33.6 Å². The molecule has 0 radical (unpaired) electrons. The molecule has 0 saturated carbocycles. The Morgan fingerprint density at radius 2 is 0.941 bits per heavy atom. The van der Waals surface area contributed by atoms with Gasteiger partial charge in [0.05, 0.1) is 17.5 Å². The predicted octanol–water partition coefficient (Wildman–Crippen LogP) is 4.23.